The summed E-state index contributed by atoms with van der Waals surface area (Å²) in [6.45, 7) is 3.51. The number of carbonyl (C=O) groups excluding carboxylic acids is 2. The highest BCUT2D eigenvalue weighted by Crippen LogP contribution is 2.38. The Labute approximate surface area is 190 Å². The fourth-order valence-electron chi connectivity index (χ4n) is 4.03. The monoisotopic (exact) mass is 468 g/mol. The second kappa shape index (κ2) is 9.89. The molecule has 0 aromatic heterocycles. The lowest BCUT2D eigenvalue weighted by molar-refractivity contribution is -0.297. The third-order valence-electron chi connectivity index (χ3n) is 6.00. The molecule has 0 spiro atoms. The van der Waals surface area contributed by atoms with Crippen molar-refractivity contribution in [3.63, 3.8) is 0 Å². The zero-order valence-electron chi connectivity index (χ0n) is 18.5. The summed E-state index contributed by atoms with van der Waals surface area (Å²) < 4.78 is 5.20. The van der Waals surface area contributed by atoms with Gasteiger partial charge in [-0.1, -0.05) is 26.0 Å². The van der Waals surface area contributed by atoms with Crippen LogP contribution < -0.4 is 16.4 Å². The van der Waals surface area contributed by atoms with Gasteiger partial charge >= 0.3 is 0 Å². The number of fused-ring (bicyclic) bond motifs is 2. The van der Waals surface area contributed by atoms with Gasteiger partial charge in [0, 0.05) is 6.54 Å². The largest absolute Gasteiger partial charge is 0.508 e. The Balaban J connectivity index is 1.81. The lowest BCUT2D eigenvalue weighted by Crippen LogP contribution is -2.74. The molecule has 12 heteroatoms. The van der Waals surface area contributed by atoms with Crippen molar-refractivity contribution < 1.29 is 40.0 Å². The van der Waals surface area contributed by atoms with Crippen molar-refractivity contribution in [3.05, 3.63) is 29.8 Å². The number of phenolic OH excluding ortho intramolecular Hbond substituents is 1. The van der Waals surface area contributed by atoms with Crippen molar-refractivity contribution in [3.8, 4) is 5.75 Å². The Morgan fingerprint density at radius 1 is 1.21 bits per heavy atom. The molecule has 0 saturated carbocycles. The smallest absolute Gasteiger partial charge is 0.244 e. The number of hydrogen-bond donors (Lipinski definition) is 8. The summed E-state index contributed by atoms with van der Waals surface area (Å²) in [5, 5.41) is 57.3. The van der Waals surface area contributed by atoms with Crippen LogP contribution in [0.3, 0.4) is 0 Å². The van der Waals surface area contributed by atoms with Gasteiger partial charge in [-0.2, -0.15) is 5.06 Å². The molecule has 2 saturated heterocycles. The van der Waals surface area contributed by atoms with Crippen LogP contribution in [0.15, 0.2) is 24.3 Å². The van der Waals surface area contributed by atoms with Gasteiger partial charge in [-0.3, -0.25) is 9.59 Å². The van der Waals surface area contributed by atoms with Gasteiger partial charge < -0.3 is 46.7 Å². The number of ether oxygens (including phenoxy) is 1. The van der Waals surface area contributed by atoms with Crippen LogP contribution in [-0.2, 0) is 20.7 Å². The highest BCUT2D eigenvalue weighted by molar-refractivity contribution is 5.90. The van der Waals surface area contributed by atoms with Gasteiger partial charge in [0.15, 0.2) is 6.23 Å². The quantitative estimate of drug-likeness (QED) is 0.200. The zero-order chi connectivity index (χ0) is 24.5. The number of benzene rings is 1. The van der Waals surface area contributed by atoms with E-state index in [-0.39, 0.29) is 24.6 Å². The standard InChI is InChI=1S/C21H32N4O8/c1-10(2)8-23-19(30)14(15-16(27)21(31)9-33-20(17(21)28)25(15)32)24-18(29)13(22)7-11-3-5-12(26)6-4-11/h3-6,10,13-17,20,26-28,31-32H,7-9,22H2,1-2H3,(H,23,30)(H,24,29)/t13-,14?,15-,16-,17-,20-,21+/m0/s1. The van der Waals surface area contributed by atoms with E-state index in [1.54, 1.807) is 12.1 Å². The van der Waals surface area contributed by atoms with Crippen LogP contribution >= 0.6 is 0 Å². The predicted molar refractivity (Wildman–Crippen MR) is 114 cm³/mol. The zero-order valence-corrected chi connectivity index (χ0v) is 18.5. The van der Waals surface area contributed by atoms with E-state index in [4.69, 9.17) is 10.5 Å². The minimum absolute atomic E-state index is 0.0601. The molecule has 0 aliphatic carbocycles. The van der Waals surface area contributed by atoms with Crippen molar-refractivity contribution in [2.45, 2.75) is 62.4 Å². The average Bonchev–Trinajstić information content (AvgIpc) is 3.02. The summed E-state index contributed by atoms with van der Waals surface area (Å²) in [4.78, 5) is 25.8. The molecule has 1 aromatic carbocycles. The van der Waals surface area contributed by atoms with E-state index in [1.807, 2.05) is 13.8 Å². The number of hydrogen-bond acceptors (Lipinski definition) is 10. The van der Waals surface area contributed by atoms with Crippen molar-refractivity contribution in [1.29, 1.82) is 0 Å². The first-order chi connectivity index (χ1) is 15.5. The molecular formula is C21H32N4O8. The van der Waals surface area contributed by atoms with Gasteiger partial charge in [-0.15, -0.1) is 0 Å². The van der Waals surface area contributed by atoms with Crippen molar-refractivity contribution in [1.82, 2.24) is 15.7 Å². The van der Waals surface area contributed by atoms with Crippen molar-refractivity contribution >= 4 is 11.8 Å². The number of phenols is 1. The number of aliphatic hydroxyl groups excluding tert-OH is 2. The molecule has 2 aliphatic rings. The Bertz CT molecular complexity index is 853. The van der Waals surface area contributed by atoms with Gasteiger partial charge in [0.25, 0.3) is 0 Å². The summed E-state index contributed by atoms with van der Waals surface area (Å²) in [5.74, 6) is -1.31. The second-order valence-electron chi connectivity index (χ2n) is 9.06. The molecule has 1 aromatic rings. The van der Waals surface area contributed by atoms with E-state index >= 15 is 0 Å². The van der Waals surface area contributed by atoms with Gasteiger partial charge in [0.05, 0.1) is 18.7 Å². The number of nitrogens with one attached hydrogen (secondary N) is 2. The minimum atomic E-state index is -2.13. The van der Waals surface area contributed by atoms with E-state index in [0.29, 0.717) is 10.6 Å². The first-order valence-electron chi connectivity index (χ1n) is 10.7. The number of aliphatic hydroxyl groups is 3. The van der Waals surface area contributed by atoms with Crippen LogP contribution in [0.1, 0.15) is 19.4 Å². The molecule has 7 atom stereocenters. The first kappa shape index (κ1) is 25.3. The molecule has 9 N–H and O–H groups in total. The van der Waals surface area contributed by atoms with Crippen LogP contribution in [0.2, 0.25) is 0 Å². The van der Waals surface area contributed by atoms with E-state index in [9.17, 15) is 35.2 Å². The maximum Gasteiger partial charge on any atom is 0.244 e. The van der Waals surface area contributed by atoms with Gasteiger partial charge in [0.1, 0.15) is 29.6 Å². The number of piperidine rings is 1. The van der Waals surface area contributed by atoms with Crippen molar-refractivity contribution in [2.75, 3.05) is 13.2 Å². The Hall–Kier alpha value is -2.32. The Kier molecular flexibility index (Phi) is 7.59. The summed E-state index contributed by atoms with van der Waals surface area (Å²) in [7, 11) is 0. The number of aromatic hydroxyl groups is 1. The lowest BCUT2D eigenvalue weighted by atomic mass is 9.80. The van der Waals surface area contributed by atoms with Gasteiger partial charge in [-0.25, -0.2) is 0 Å². The average molecular weight is 469 g/mol. The third kappa shape index (κ3) is 5.11. The van der Waals surface area contributed by atoms with E-state index in [1.165, 1.54) is 12.1 Å². The van der Waals surface area contributed by atoms with Crippen LogP contribution in [0.5, 0.6) is 5.75 Å². The Morgan fingerprint density at radius 2 is 1.85 bits per heavy atom. The molecule has 0 radical (unpaired) electrons. The fourth-order valence-corrected chi connectivity index (χ4v) is 4.03. The summed E-state index contributed by atoms with van der Waals surface area (Å²) >= 11 is 0. The molecule has 2 fully saturated rings. The summed E-state index contributed by atoms with van der Waals surface area (Å²) in [6.07, 6.45) is -4.76. The van der Waals surface area contributed by atoms with E-state index < -0.39 is 60.6 Å². The fraction of sp³-hybridized carbons (Fsp3) is 0.619. The maximum atomic E-state index is 13.0. The second-order valence-corrected chi connectivity index (χ2v) is 9.06. The Morgan fingerprint density at radius 3 is 2.45 bits per heavy atom. The van der Waals surface area contributed by atoms with Gasteiger partial charge in [0.2, 0.25) is 11.8 Å². The van der Waals surface area contributed by atoms with E-state index in [2.05, 4.69) is 10.6 Å². The molecule has 33 heavy (non-hydrogen) atoms. The number of carbonyl (C=O) groups is 2. The molecule has 1 unspecified atom stereocenters. The number of hydroxylamine groups is 2. The van der Waals surface area contributed by atoms with Crippen LogP contribution in [0.25, 0.3) is 0 Å². The molecule has 2 amide bonds. The number of rotatable bonds is 8. The topological polar surface area (TPSA) is 198 Å². The SMILES string of the molecule is CC(C)CNC(=O)C(NC(=O)[C@@H](N)Cc1ccc(O)cc1)[C@H]1[C@H](O)[C@]2(O)CO[C@@H]([C@@H]2O)N1O. The normalized spacial score (nSPS) is 31.3. The summed E-state index contributed by atoms with van der Waals surface area (Å²) in [6, 6.07) is 1.96. The minimum Gasteiger partial charge on any atom is -0.508 e. The molecule has 2 bridgehead atoms. The van der Waals surface area contributed by atoms with Crippen LogP contribution in [-0.4, -0.2) is 97.8 Å². The summed E-state index contributed by atoms with van der Waals surface area (Å²) in [5.41, 5.74) is 4.55. The molecule has 12 nitrogen and oxygen atoms in total. The first-order valence-corrected chi connectivity index (χ1v) is 10.7. The predicted octanol–water partition coefficient (Wildman–Crippen LogP) is -2.60. The van der Waals surface area contributed by atoms with Gasteiger partial charge in [-0.05, 0) is 30.0 Å². The number of amides is 2. The van der Waals surface area contributed by atoms with Crippen molar-refractivity contribution in [2.24, 2.45) is 11.7 Å². The highest BCUT2D eigenvalue weighted by atomic mass is 16.6. The molecular weight excluding hydrogens is 436 g/mol. The molecule has 2 aliphatic heterocycles. The van der Waals surface area contributed by atoms with E-state index in [0.717, 1.165) is 0 Å². The van der Waals surface area contributed by atoms with Crippen LogP contribution in [0, 0.1) is 5.92 Å². The molecule has 2 heterocycles. The van der Waals surface area contributed by atoms with Crippen LogP contribution in [0.4, 0.5) is 0 Å². The lowest BCUT2D eigenvalue weighted by Gasteiger charge is -2.47. The highest BCUT2D eigenvalue weighted by Gasteiger charge is 2.65. The third-order valence-corrected chi connectivity index (χ3v) is 6.00. The molecule has 3 rings (SSSR count). The molecule has 184 valence electrons. The number of nitrogens with two attached hydrogens (primary N) is 1. The maximum absolute atomic E-state index is 13.0. The number of nitrogens with zero attached hydrogens (tertiary/aromatic N) is 1.